The zero-order valence-electron chi connectivity index (χ0n) is 8.50. The molecule has 1 fully saturated rings. The first-order chi connectivity index (χ1) is 7.31. The van der Waals surface area contributed by atoms with E-state index in [1.807, 2.05) is 0 Å². The highest BCUT2D eigenvalue weighted by atomic mass is 79.9. The normalized spacial score (nSPS) is 16.1. The van der Waals surface area contributed by atoms with E-state index in [9.17, 15) is 4.39 Å². The molecule has 1 aliphatic carbocycles. The van der Waals surface area contributed by atoms with Crippen molar-refractivity contribution in [2.24, 2.45) is 0 Å². The van der Waals surface area contributed by atoms with Gasteiger partial charge in [-0.3, -0.25) is 0 Å². The molecule has 0 aliphatic heterocycles. The standard InChI is InChI=1S/C11H14BrFN2/c12-6-7-15(10-2-1-3-10)11-5-4-9(13)8-14-11/h4-5,8,10H,1-3,6-7H2. The van der Waals surface area contributed by atoms with Crippen molar-refractivity contribution < 1.29 is 4.39 Å². The molecule has 1 aromatic rings. The van der Waals surface area contributed by atoms with E-state index in [1.54, 1.807) is 6.07 Å². The molecule has 0 bridgehead atoms. The predicted octanol–water partition coefficient (Wildman–Crippen LogP) is 2.97. The molecule has 82 valence electrons. The van der Waals surface area contributed by atoms with Gasteiger partial charge in [-0.2, -0.15) is 0 Å². The number of nitrogens with zero attached hydrogens (tertiary/aromatic N) is 2. The molecular formula is C11H14BrFN2. The van der Waals surface area contributed by atoms with Crippen molar-refractivity contribution >= 4 is 21.7 Å². The molecule has 0 spiro atoms. The minimum Gasteiger partial charge on any atom is -0.353 e. The largest absolute Gasteiger partial charge is 0.353 e. The highest BCUT2D eigenvalue weighted by Gasteiger charge is 2.25. The summed E-state index contributed by atoms with van der Waals surface area (Å²) < 4.78 is 12.7. The van der Waals surface area contributed by atoms with Crippen molar-refractivity contribution in [2.45, 2.75) is 25.3 Å². The van der Waals surface area contributed by atoms with Gasteiger partial charge in [0.25, 0.3) is 0 Å². The van der Waals surface area contributed by atoms with E-state index in [2.05, 4.69) is 25.8 Å². The van der Waals surface area contributed by atoms with E-state index in [1.165, 1.54) is 31.5 Å². The molecule has 0 amide bonds. The number of anilines is 1. The van der Waals surface area contributed by atoms with E-state index in [0.29, 0.717) is 6.04 Å². The summed E-state index contributed by atoms with van der Waals surface area (Å²) in [5, 5.41) is 0.919. The van der Waals surface area contributed by atoms with E-state index < -0.39 is 0 Å². The molecule has 0 atom stereocenters. The van der Waals surface area contributed by atoms with E-state index in [-0.39, 0.29) is 5.82 Å². The fourth-order valence-corrected chi connectivity index (χ4v) is 2.19. The van der Waals surface area contributed by atoms with Crippen LogP contribution in [0.15, 0.2) is 18.3 Å². The second kappa shape index (κ2) is 4.92. The van der Waals surface area contributed by atoms with Crippen molar-refractivity contribution in [2.75, 3.05) is 16.8 Å². The molecule has 2 nitrogen and oxygen atoms in total. The van der Waals surface area contributed by atoms with Crippen LogP contribution in [-0.2, 0) is 0 Å². The summed E-state index contributed by atoms with van der Waals surface area (Å²) in [7, 11) is 0. The van der Waals surface area contributed by atoms with Gasteiger partial charge in [-0.1, -0.05) is 15.9 Å². The summed E-state index contributed by atoms with van der Waals surface area (Å²) in [6.07, 6.45) is 5.04. The number of pyridine rings is 1. The van der Waals surface area contributed by atoms with Crippen LogP contribution in [0.2, 0.25) is 0 Å². The summed E-state index contributed by atoms with van der Waals surface area (Å²) in [6.45, 7) is 0.934. The summed E-state index contributed by atoms with van der Waals surface area (Å²) in [5.41, 5.74) is 0. The smallest absolute Gasteiger partial charge is 0.141 e. The number of alkyl halides is 1. The third-order valence-corrected chi connectivity index (χ3v) is 3.20. The molecule has 4 heteroatoms. The Bertz CT molecular complexity index is 311. The lowest BCUT2D eigenvalue weighted by molar-refractivity contribution is 0.389. The summed E-state index contributed by atoms with van der Waals surface area (Å²) >= 11 is 3.44. The van der Waals surface area contributed by atoms with Crippen LogP contribution >= 0.6 is 15.9 Å². The van der Waals surface area contributed by atoms with Crippen molar-refractivity contribution in [1.29, 1.82) is 0 Å². The van der Waals surface area contributed by atoms with Crippen LogP contribution in [0, 0.1) is 5.82 Å². The van der Waals surface area contributed by atoms with Gasteiger partial charge in [-0.05, 0) is 31.4 Å². The monoisotopic (exact) mass is 272 g/mol. The zero-order chi connectivity index (χ0) is 10.7. The third-order valence-electron chi connectivity index (χ3n) is 2.85. The van der Waals surface area contributed by atoms with Crippen LogP contribution in [0.1, 0.15) is 19.3 Å². The highest BCUT2D eigenvalue weighted by molar-refractivity contribution is 9.09. The van der Waals surface area contributed by atoms with Gasteiger partial charge in [0.1, 0.15) is 11.6 Å². The number of aromatic nitrogens is 1. The Morgan fingerprint density at radius 1 is 1.47 bits per heavy atom. The Labute approximate surface area is 97.6 Å². The van der Waals surface area contributed by atoms with Gasteiger partial charge >= 0.3 is 0 Å². The average molecular weight is 273 g/mol. The maximum absolute atomic E-state index is 12.7. The van der Waals surface area contributed by atoms with Crippen LogP contribution in [-0.4, -0.2) is 22.9 Å². The molecule has 1 saturated carbocycles. The highest BCUT2D eigenvalue weighted by Crippen LogP contribution is 2.28. The van der Waals surface area contributed by atoms with Crippen molar-refractivity contribution in [3.05, 3.63) is 24.1 Å². The number of hydrogen-bond acceptors (Lipinski definition) is 2. The molecular weight excluding hydrogens is 259 g/mol. The number of rotatable bonds is 4. The molecule has 1 heterocycles. The first-order valence-corrected chi connectivity index (χ1v) is 6.37. The van der Waals surface area contributed by atoms with Gasteiger partial charge in [0.05, 0.1) is 6.20 Å². The topological polar surface area (TPSA) is 16.1 Å². The van der Waals surface area contributed by atoms with Gasteiger partial charge in [-0.25, -0.2) is 9.37 Å². The maximum atomic E-state index is 12.7. The Morgan fingerprint density at radius 2 is 2.27 bits per heavy atom. The van der Waals surface area contributed by atoms with Gasteiger partial charge in [0, 0.05) is 17.9 Å². The van der Waals surface area contributed by atoms with Crippen LogP contribution < -0.4 is 4.90 Å². The minimum atomic E-state index is -0.272. The molecule has 0 unspecified atom stereocenters. The van der Waals surface area contributed by atoms with Crippen LogP contribution in [0.3, 0.4) is 0 Å². The molecule has 15 heavy (non-hydrogen) atoms. The van der Waals surface area contributed by atoms with Crippen molar-refractivity contribution in [1.82, 2.24) is 4.98 Å². The van der Waals surface area contributed by atoms with Crippen LogP contribution in [0.5, 0.6) is 0 Å². The van der Waals surface area contributed by atoms with Crippen molar-refractivity contribution in [3.63, 3.8) is 0 Å². The molecule has 0 saturated heterocycles. The Balaban J connectivity index is 2.12. The predicted molar refractivity (Wildman–Crippen MR) is 63.0 cm³/mol. The molecule has 2 rings (SSSR count). The minimum absolute atomic E-state index is 0.272. The van der Waals surface area contributed by atoms with Gasteiger partial charge in [0.2, 0.25) is 0 Å². The van der Waals surface area contributed by atoms with Crippen LogP contribution in [0.4, 0.5) is 10.2 Å². The molecule has 1 aromatic heterocycles. The first kappa shape index (κ1) is 10.9. The Kier molecular flexibility index (Phi) is 3.57. The zero-order valence-corrected chi connectivity index (χ0v) is 10.1. The number of halogens is 2. The first-order valence-electron chi connectivity index (χ1n) is 5.25. The second-order valence-electron chi connectivity index (χ2n) is 3.80. The average Bonchev–Trinajstić information content (AvgIpc) is 2.16. The summed E-state index contributed by atoms with van der Waals surface area (Å²) in [4.78, 5) is 6.39. The maximum Gasteiger partial charge on any atom is 0.141 e. The van der Waals surface area contributed by atoms with Gasteiger partial charge in [0.15, 0.2) is 0 Å². The second-order valence-corrected chi connectivity index (χ2v) is 4.59. The van der Waals surface area contributed by atoms with E-state index in [4.69, 9.17) is 0 Å². The summed E-state index contributed by atoms with van der Waals surface area (Å²) in [5.74, 6) is 0.617. The lowest BCUT2D eigenvalue weighted by atomic mass is 9.91. The molecule has 0 radical (unpaired) electrons. The van der Waals surface area contributed by atoms with E-state index in [0.717, 1.165) is 17.7 Å². The van der Waals surface area contributed by atoms with Crippen LogP contribution in [0.25, 0.3) is 0 Å². The number of hydrogen-bond donors (Lipinski definition) is 0. The third kappa shape index (κ3) is 2.48. The fourth-order valence-electron chi connectivity index (χ4n) is 1.81. The molecule has 0 aromatic carbocycles. The van der Waals surface area contributed by atoms with E-state index >= 15 is 0 Å². The SMILES string of the molecule is Fc1ccc(N(CCBr)C2CCC2)nc1. The summed E-state index contributed by atoms with van der Waals surface area (Å²) in [6, 6.07) is 3.83. The van der Waals surface area contributed by atoms with Gasteiger partial charge < -0.3 is 4.90 Å². The Hall–Kier alpha value is -0.640. The molecule has 0 N–H and O–H groups in total. The molecule has 1 aliphatic rings. The lowest BCUT2D eigenvalue weighted by Crippen LogP contribution is -2.41. The lowest BCUT2D eigenvalue weighted by Gasteiger charge is -2.38. The van der Waals surface area contributed by atoms with Gasteiger partial charge in [-0.15, -0.1) is 0 Å². The Morgan fingerprint density at radius 3 is 2.73 bits per heavy atom. The van der Waals surface area contributed by atoms with Crippen molar-refractivity contribution in [3.8, 4) is 0 Å². The quantitative estimate of drug-likeness (QED) is 0.784. The fraction of sp³-hybridized carbons (Fsp3) is 0.545.